The summed E-state index contributed by atoms with van der Waals surface area (Å²) in [5.74, 6) is 2.29. The lowest BCUT2D eigenvalue weighted by molar-refractivity contribution is -0.129. The molecule has 0 aromatic heterocycles. The van der Waals surface area contributed by atoms with Crippen LogP contribution in [0.3, 0.4) is 0 Å². The number of halogens is 2. The van der Waals surface area contributed by atoms with Crippen LogP contribution in [0.5, 0.6) is 11.5 Å². The highest BCUT2D eigenvalue weighted by Crippen LogP contribution is 2.36. The standard InChI is InChI=1S/C19H29BrN4O3.HI/c1-5-17(25)24-8-7-14(12-24)23-19(21-6-2)22-11-13-9-15(20)18(27-4)16(10-13)26-3;/h9-10,14H,5-8,11-12H2,1-4H3,(H2,21,22,23);1H. The van der Waals surface area contributed by atoms with Crippen molar-refractivity contribution in [2.45, 2.75) is 39.3 Å². The zero-order valence-electron chi connectivity index (χ0n) is 16.9. The molecular weight excluding hydrogens is 539 g/mol. The van der Waals surface area contributed by atoms with Crippen molar-refractivity contribution >= 4 is 51.8 Å². The Morgan fingerprint density at radius 1 is 1.32 bits per heavy atom. The van der Waals surface area contributed by atoms with E-state index in [4.69, 9.17) is 9.47 Å². The maximum absolute atomic E-state index is 11.9. The zero-order chi connectivity index (χ0) is 19.8. The minimum atomic E-state index is 0. The summed E-state index contributed by atoms with van der Waals surface area (Å²) >= 11 is 3.51. The number of ether oxygens (including phenoxy) is 2. The molecule has 1 amide bonds. The van der Waals surface area contributed by atoms with Crippen LogP contribution in [0.1, 0.15) is 32.3 Å². The molecule has 1 aliphatic rings. The van der Waals surface area contributed by atoms with E-state index >= 15 is 0 Å². The molecule has 1 aliphatic heterocycles. The number of hydrogen-bond donors (Lipinski definition) is 2. The molecule has 0 aliphatic carbocycles. The lowest BCUT2D eigenvalue weighted by Gasteiger charge is -2.19. The quantitative estimate of drug-likeness (QED) is 0.300. The molecule has 1 aromatic carbocycles. The Kier molecular flexibility index (Phi) is 10.9. The number of nitrogens with zero attached hydrogens (tertiary/aromatic N) is 2. The van der Waals surface area contributed by atoms with Gasteiger partial charge < -0.3 is 25.0 Å². The number of likely N-dealkylation sites (tertiary alicyclic amines) is 1. The Bertz CT molecular complexity index is 687. The van der Waals surface area contributed by atoms with Crippen molar-refractivity contribution in [2.75, 3.05) is 33.9 Å². The summed E-state index contributed by atoms with van der Waals surface area (Å²) in [4.78, 5) is 18.4. The molecule has 1 fully saturated rings. The van der Waals surface area contributed by atoms with Gasteiger partial charge in [-0.3, -0.25) is 4.79 Å². The van der Waals surface area contributed by atoms with E-state index in [1.54, 1.807) is 14.2 Å². The predicted octanol–water partition coefficient (Wildman–Crippen LogP) is 3.15. The number of rotatable bonds is 7. The van der Waals surface area contributed by atoms with E-state index in [9.17, 15) is 4.79 Å². The van der Waals surface area contributed by atoms with Crippen LogP contribution < -0.4 is 20.1 Å². The average Bonchev–Trinajstić information content (AvgIpc) is 3.13. The average molecular weight is 569 g/mol. The molecule has 1 atom stereocenters. The molecule has 1 unspecified atom stereocenters. The first kappa shape index (κ1) is 24.8. The summed E-state index contributed by atoms with van der Waals surface area (Å²) in [6.45, 7) is 6.72. The molecule has 0 saturated carbocycles. The molecule has 0 radical (unpaired) electrons. The van der Waals surface area contributed by atoms with E-state index in [2.05, 4.69) is 31.6 Å². The SMILES string of the molecule is CCNC(=NCc1cc(Br)c(OC)c(OC)c1)NC1CCN(C(=O)CC)C1.I. The monoisotopic (exact) mass is 568 g/mol. The topological polar surface area (TPSA) is 75.2 Å². The molecule has 9 heteroatoms. The first-order valence-electron chi connectivity index (χ1n) is 9.25. The Balaban J connectivity index is 0.00000392. The van der Waals surface area contributed by atoms with Gasteiger partial charge in [-0.15, -0.1) is 24.0 Å². The Morgan fingerprint density at radius 2 is 2.07 bits per heavy atom. The van der Waals surface area contributed by atoms with Crippen molar-refractivity contribution in [3.63, 3.8) is 0 Å². The fourth-order valence-electron chi connectivity index (χ4n) is 3.07. The van der Waals surface area contributed by atoms with Gasteiger partial charge in [0.25, 0.3) is 0 Å². The van der Waals surface area contributed by atoms with Gasteiger partial charge in [0.2, 0.25) is 5.91 Å². The number of amides is 1. The maximum atomic E-state index is 11.9. The van der Waals surface area contributed by atoms with Crippen LogP contribution >= 0.6 is 39.9 Å². The van der Waals surface area contributed by atoms with Crippen molar-refractivity contribution in [2.24, 2.45) is 4.99 Å². The summed E-state index contributed by atoms with van der Waals surface area (Å²) in [6.07, 6.45) is 1.48. The largest absolute Gasteiger partial charge is 0.493 e. The lowest BCUT2D eigenvalue weighted by Crippen LogP contribution is -2.45. The third kappa shape index (κ3) is 6.68. The molecule has 1 aromatic rings. The highest BCUT2D eigenvalue weighted by Gasteiger charge is 2.25. The summed E-state index contributed by atoms with van der Waals surface area (Å²) in [6, 6.07) is 4.12. The van der Waals surface area contributed by atoms with E-state index in [1.165, 1.54) is 0 Å². The number of nitrogens with one attached hydrogen (secondary N) is 2. The molecule has 0 spiro atoms. The second-order valence-electron chi connectivity index (χ2n) is 6.33. The number of aliphatic imine (C=N–C) groups is 1. The second kappa shape index (κ2) is 12.4. The maximum Gasteiger partial charge on any atom is 0.222 e. The van der Waals surface area contributed by atoms with Crippen LogP contribution in [-0.4, -0.2) is 56.7 Å². The molecule has 7 nitrogen and oxygen atoms in total. The Morgan fingerprint density at radius 3 is 2.68 bits per heavy atom. The molecule has 1 heterocycles. The van der Waals surface area contributed by atoms with E-state index in [-0.39, 0.29) is 35.9 Å². The molecule has 2 rings (SSSR count). The number of carbonyl (C=O) groups is 1. The Hall–Kier alpha value is -1.23. The van der Waals surface area contributed by atoms with E-state index in [0.717, 1.165) is 42.1 Å². The van der Waals surface area contributed by atoms with Crippen molar-refractivity contribution in [3.8, 4) is 11.5 Å². The molecule has 2 N–H and O–H groups in total. The van der Waals surface area contributed by atoms with Crippen LogP contribution in [0.15, 0.2) is 21.6 Å². The molecule has 28 heavy (non-hydrogen) atoms. The number of carbonyl (C=O) groups excluding carboxylic acids is 1. The summed E-state index contributed by atoms with van der Waals surface area (Å²) in [5, 5.41) is 6.71. The molecule has 158 valence electrons. The minimum absolute atomic E-state index is 0. The van der Waals surface area contributed by atoms with Crippen LogP contribution in [-0.2, 0) is 11.3 Å². The van der Waals surface area contributed by atoms with Gasteiger partial charge in [0.1, 0.15) is 0 Å². The minimum Gasteiger partial charge on any atom is -0.493 e. The van der Waals surface area contributed by atoms with Crippen LogP contribution in [0, 0.1) is 0 Å². The number of benzene rings is 1. The summed E-state index contributed by atoms with van der Waals surface area (Å²) < 4.78 is 11.6. The van der Waals surface area contributed by atoms with Crippen molar-refractivity contribution in [3.05, 3.63) is 22.2 Å². The second-order valence-corrected chi connectivity index (χ2v) is 7.19. The van der Waals surface area contributed by atoms with Crippen molar-refractivity contribution in [1.82, 2.24) is 15.5 Å². The third-order valence-corrected chi connectivity index (χ3v) is 5.03. The third-order valence-electron chi connectivity index (χ3n) is 4.44. The van der Waals surface area contributed by atoms with Gasteiger partial charge in [-0.2, -0.15) is 0 Å². The fourth-order valence-corrected chi connectivity index (χ4v) is 3.73. The van der Waals surface area contributed by atoms with Crippen molar-refractivity contribution in [1.29, 1.82) is 0 Å². The van der Waals surface area contributed by atoms with Gasteiger partial charge in [-0.1, -0.05) is 6.92 Å². The van der Waals surface area contributed by atoms with Gasteiger partial charge in [-0.25, -0.2) is 4.99 Å². The molecule has 1 saturated heterocycles. The summed E-state index contributed by atoms with van der Waals surface area (Å²) in [5.41, 5.74) is 1.01. The normalized spacial score (nSPS) is 16.4. The highest BCUT2D eigenvalue weighted by molar-refractivity contribution is 14.0. The van der Waals surface area contributed by atoms with Gasteiger partial charge in [-0.05, 0) is 47.0 Å². The van der Waals surface area contributed by atoms with Crippen LogP contribution in [0.2, 0.25) is 0 Å². The molecular formula is C19H30BrIN4O3. The van der Waals surface area contributed by atoms with Gasteiger partial charge in [0, 0.05) is 32.1 Å². The van der Waals surface area contributed by atoms with Crippen molar-refractivity contribution < 1.29 is 14.3 Å². The van der Waals surface area contributed by atoms with Crippen LogP contribution in [0.4, 0.5) is 0 Å². The van der Waals surface area contributed by atoms with E-state index in [0.29, 0.717) is 24.5 Å². The van der Waals surface area contributed by atoms with Gasteiger partial charge in [0.15, 0.2) is 17.5 Å². The Labute approximate surface area is 192 Å². The number of hydrogen-bond acceptors (Lipinski definition) is 4. The predicted molar refractivity (Wildman–Crippen MR) is 126 cm³/mol. The first-order valence-corrected chi connectivity index (χ1v) is 10.0. The zero-order valence-corrected chi connectivity index (χ0v) is 20.8. The van der Waals surface area contributed by atoms with Gasteiger partial charge >= 0.3 is 0 Å². The van der Waals surface area contributed by atoms with Crippen LogP contribution in [0.25, 0.3) is 0 Å². The van der Waals surface area contributed by atoms with E-state index in [1.807, 2.05) is 30.9 Å². The summed E-state index contributed by atoms with van der Waals surface area (Å²) in [7, 11) is 3.23. The number of methoxy groups -OCH3 is 2. The lowest BCUT2D eigenvalue weighted by atomic mass is 10.2. The highest BCUT2D eigenvalue weighted by atomic mass is 127. The fraction of sp³-hybridized carbons (Fsp3) is 0.579. The first-order chi connectivity index (χ1) is 13.0. The van der Waals surface area contributed by atoms with E-state index < -0.39 is 0 Å². The smallest absolute Gasteiger partial charge is 0.222 e. The molecule has 0 bridgehead atoms. The van der Waals surface area contributed by atoms with Gasteiger partial charge in [0.05, 0.1) is 25.2 Å². The number of guanidine groups is 1.